The molecule has 0 bridgehead atoms. The SMILES string of the molecule is CC1=[C-]C2=CC(C)N(c3ccccc3)C2=C1.CC1=[C-]C2=CC(C)N(c3ccccc3)C2=C1.Cl.Cl.[SiH2]=[Zr].[c-]1ccccc1.[c-]1ccccc1. The van der Waals surface area contributed by atoms with Gasteiger partial charge in [0, 0.05) is 23.5 Å². The number of benzene rings is 4. The molecule has 4 aromatic rings. The molecule has 0 fully saturated rings. The second-order valence-electron chi connectivity index (χ2n) is 10.9. The van der Waals surface area contributed by atoms with Crippen LogP contribution in [0.15, 0.2) is 179 Å². The van der Waals surface area contributed by atoms with Gasteiger partial charge in [-0.05, 0) is 38.1 Å². The Labute approximate surface area is 317 Å². The fourth-order valence-electron chi connectivity index (χ4n) is 5.52. The monoisotopic (exact) mass is 762 g/mol. The summed E-state index contributed by atoms with van der Waals surface area (Å²) in [6.45, 7) is 10.6. The fourth-order valence-corrected chi connectivity index (χ4v) is 5.52. The van der Waals surface area contributed by atoms with Gasteiger partial charge in [-0.2, -0.15) is 72.8 Å². The van der Waals surface area contributed by atoms with Crippen molar-refractivity contribution in [3.05, 3.63) is 204 Å². The van der Waals surface area contributed by atoms with Crippen LogP contribution in [-0.2, 0) is 23.3 Å². The van der Waals surface area contributed by atoms with Crippen molar-refractivity contribution in [2.75, 3.05) is 9.80 Å². The summed E-state index contributed by atoms with van der Waals surface area (Å²) in [5.74, 6) is 0. The van der Waals surface area contributed by atoms with Gasteiger partial charge < -0.3 is 9.80 Å². The smallest absolute Gasteiger partial charge is 0.171 e. The zero-order valence-electron chi connectivity index (χ0n) is 27.9. The van der Waals surface area contributed by atoms with Gasteiger partial charge in [-0.25, -0.2) is 0 Å². The molecule has 2 heterocycles. The zero-order valence-corrected chi connectivity index (χ0v) is 33.4. The first-order valence-electron chi connectivity index (χ1n) is 15.5. The van der Waals surface area contributed by atoms with Crippen LogP contribution in [0, 0.1) is 24.3 Å². The third-order valence-corrected chi connectivity index (χ3v) is 7.35. The van der Waals surface area contributed by atoms with Crippen LogP contribution in [-0.4, -0.2) is 19.0 Å². The summed E-state index contributed by atoms with van der Waals surface area (Å²) in [6, 6.07) is 46.9. The molecule has 0 spiro atoms. The molecule has 4 aliphatic rings. The number of hydrogen-bond donors (Lipinski definition) is 0. The molecular weight excluding hydrogens is 723 g/mol. The minimum atomic E-state index is 0. The van der Waals surface area contributed by atoms with Gasteiger partial charge in [0.25, 0.3) is 0 Å². The Bertz CT molecular complexity index is 1530. The molecule has 2 nitrogen and oxygen atoms in total. The van der Waals surface area contributed by atoms with Crippen molar-refractivity contribution in [3.8, 4) is 0 Å². The second kappa shape index (κ2) is 21.5. The predicted octanol–water partition coefficient (Wildman–Crippen LogP) is 9.84. The van der Waals surface area contributed by atoms with E-state index in [0.29, 0.717) is 12.1 Å². The molecule has 0 aromatic heterocycles. The number of para-hydroxylation sites is 2. The quantitative estimate of drug-likeness (QED) is 0.148. The van der Waals surface area contributed by atoms with E-state index in [9.17, 15) is 0 Å². The van der Waals surface area contributed by atoms with Gasteiger partial charge >= 0.3 is 30.2 Å². The van der Waals surface area contributed by atoms with Gasteiger partial charge in [-0.1, -0.05) is 61.6 Å². The van der Waals surface area contributed by atoms with Crippen molar-refractivity contribution in [3.63, 3.8) is 0 Å². The zero-order chi connectivity index (χ0) is 32.7. The third-order valence-electron chi connectivity index (χ3n) is 7.35. The van der Waals surface area contributed by atoms with Gasteiger partial charge in [-0.3, -0.25) is 0 Å². The van der Waals surface area contributed by atoms with E-state index >= 15 is 0 Å². The minimum Gasteiger partial charge on any atom is -0.184 e. The summed E-state index contributed by atoms with van der Waals surface area (Å²) in [4.78, 5) is 4.72. The number of fused-ring (bicyclic) bond motifs is 2. The molecule has 0 saturated carbocycles. The molecule has 48 heavy (non-hydrogen) atoms. The topological polar surface area (TPSA) is 6.48 Å². The van der Waals surface area contributed by atoms with E-state index in [1.807, 2.05) is 67.5 Å². The Hall–Kier alpha value is -3.40. The summed E-state index contributed by atoms with van der Waals surface area (Å²) in [7, 11) is 0. The molecule has 0 N–H and O–H groups in total. The fraction of sp³-hybridized carbons (Fsp3) is 0.143. The number of rotatable bonds is 2. The number of allylic oxidation sites excluding steroid dienone is 6. The predicted molar refractivity (Wildman–Crippen MR) is 208 cm³/mol. The number of halogens is 2. The van der Waals surface area contributed by atoms with Crippen LogP contribution in [0.2, 0.25) is 0 Å². The number of hydrogen-bond acceptors (Lipinski definition) is 2. The molecule has 0 saturated heterocycles. The van der Waals surface area contributed by atoms with Crippen LogP contribution < -0.4 is 9.80 Å². The number of anilines is 2. The molecular formula is C42H42Cl2N2SiZr-4. The van der Waals surface area contributed by atoms with Crippen LogP contribution >= 0.6 is 24.8 Å². The normalized spacial score (nSPS) is 17.2. The second-order valence-corrected chi connectivity index (χ2v) is 10.9. The van der Waals surface area contributed by atoms with Gasteiger partial charge in [-0.15, -0.1) is 83.6 Å². The summed E-state index contributed by atoms with van der Waals surface area (Å²) in [5, 5.41) is 0. The van der Waals surface area contributed by atoms with Crippen molar-refractivity contribution in [2.45, 2.75) is 39.8 Å². The molecule has 2 aliphatic heterocycles. The standard InChI is InChI=1S/2C15H14N.2C6H5.2ClH.H2Si.Zr/c2*1-11-8-13-10-12(2)16(15(13)9-11)14-6-4-3-5-7-14;2*1-2-4-6-5-3-1;;;;/h2*3-7,9-10,12H,1-2H3;2*1-5H;2*1H;1H2;/q4*-1;;;;. The van der Waals surface area contributed by atoms with Crippen molar-refractivity contribution in [1.29, 1.82) is 0 Å². The summed E-state index contributed by atoms with van der Waals surface area (Å²) in [5.41, 5.74) is 10.0. The van der Waals surface area contributed by atoms with Crippen molar-refractivity contribution >= 4 is 43.1 Å². The van der Waals surface area contributed by atoms with Crippen LogP contribution in [0.1, 0.15) is 27.7 Å². The summed E-state index contributed by atoms with van der Waals surface area (Å²) in [6.07, 6.45) is 15.7. The average Bonchev–Trinajstić information content (AvgIpc) is 3.82. The molecule has 2 atom stereocenters. The molecule has 2 aliphatic carbocycles. The Balaban J connectivity index is 0.000000234. The average molecular weight is 765 g/mol. The summed E-state index contributed by atoms with van der Waals surface area (Å²) >= 11 is 1.58. The van der Waals surface area contributed by atoms with E-state index in [2.05, 4.69) is 147 Å². The van der Waals surface area contributed by atoms with E-state index in [4.69, 9.17) is 0 Å². The minimum absolute atomic E-state index is 0. The van der Waals surface area contributed by atoms with Crippen molar-refractivity contribution < 1.29 is 23.3 Å². The Kier molecular flexibility index (Phi) is 18.3. The van der Waals surface area contributed by atoms with Gasteiger partial charge in [0.1, 0.15) is 0 Å². The van der Waals surface area contributed by atoms with Crippen LogP contribution in [0.25, 0.3) is 0 Å². The first kappa shape index (κ1) is 40.8. The summed E-state index contributed by atoms with van der Waals surface area (Å²) < 4.78 is 0. The van der Waals surface area contributed by atoms with Gasteiger partial charge in [0.2, 0.25) is 0 Å². The molecule has 246 valence electrons. The van der Waals surface area contributed by atoms with Crippen LogP contribution in [0.5, 0.6) is 0 Å². The van der Waals surface area contributed by atoms with Crippen molar-refractivity contribution in [2.24, 2.45) is 0 Å². The molecule has 2 unspecified atom stereocenters. The number of nitrogens with zero attached hydrogens (tertiary/aromatic N) is 2. The maximum atomic E-state index is 3.39. The van der Waals surface area contributed by atoms with Gasteiger partial charge in [0.05, 0.1) is 0 Å². The van der Waals surface area contributed by atoms with E-state index in [1.165, 1.54) is 45.1 Å². The van der Waals surface area contributed by atoms with E-state index in [0.717, 1.165) is 0 Å². The molecule has 6 heteroatoms. The van der Waals surface area contributed by atoms with E-state index in [-0.39, 0.29) is 24.8 Å². The Morgan fingerprint density at radius 3 is 1.10 bits per heavy atom. The Morgan fingerprint density at radius 1 is 0.521 bits per heavy atom. The van der Waals surface area contributed by atoms with Crippen molar-refractivity contribution in [1.82, 2.24) is 0 Å². The van der Waals surface area contributed by atoms with E-state index < -0.39 is 0 Å². The molecule has 0 radical (unpaired) electrons. The van der Waals surface area contributed by atoms with Crippen LogP contribution in [0.4, 0.5) is 11.4 Å². The maximum Gasteiger partial charge on any atom is -0.171 e. The third kappa shape index (κ3) is 11.3. The van der Waals surface area contributed by atoms with E-state index in [1.54, 1.807) is 23.3 Å². The molecule has 4 aromatic carbocycles. The first-order chi connectivity index (χ1) is 22.5. The molecule has 0 amide bonds. The van der Waals surface area contributed by atoms with Crippen LogP contribution in [0.3, 0.4) is 0 Å². The largest absolute Gasteiger partial charge is 0.184 e. The molecule has 8 rings (SSSR count). The Morgan fingerprint density at radius 2 is 0.833 bits per heavy atom. The maximum absolute atomic E-state index is 3.39. The van der Waals surface area contributed by atoms with Gasteiger partial charge in [0.15, 0.2) is 0 Å². The first-order valence-corrected chi connectivity index (χ1v) is 21.4.